The van der Waals surface area contributed by atoms with E-state index in [1.807, 2.05) is 0 Å². The highest BCUT2D eigenvalue weighted by molar-refractivity contribution is 9.11. The van der Waals surface area contributed by atoms with E-state index in [4.69, 9.17) is 0 Å². The first-order chi connectivity index (χ1) is 4.22. The molecule has 0 spiro atoms. The zero-order chi connectivity index (χ0) is 6.85. The van der Waals surface area contributed by atoms with Crippen molar-refractivity contribution in [3.63, 3.8) is 0 Å². The van der Waals surface area contributed by atoms with Gasteiger partial charge in [0.05, 0.1) is 0 Å². The van der Waals surface area contributed by atoms with E-state index in [2.05, 4.69) is 34.5 Å². The predicted molar refractivity (Wildman–Crippen MR) is 43.7 cm³/mol. The van der Waals surface area contributed by atoms with Crippen molar-refractivity contribution in [1.82, 2.24) is 4.90 Å². The second-order valence-corrected chi connectivity index (χ2v) is 3.60. The molecule has 0 aromatic heterocycles. The Morgan fingerprint density at radius 2 is 2.44 bits per heavy atom. The van der Waals surface area contributed by atoms with Crippen molar-refractivity contribution in [3.05, 3.63) is 11.1 Å². The van der Waals surface area contributed by atoms with Crippen molar-refractivity contribution in [2.75, 3.05) is 13.6 Å². The first-order valence-electron chi connectivity index (χ1n) is 3.26. The Morgan fingerprint density at radius 1 is 1.78 bits per heavy atom. The van der Waals surface area contributed by atoms with Gasteiger partial charge in [-0.05, 0) is 26.4 Å². The van der Waals surface area contributed by atoms with Crippen molar-refractivity contribution >= 4 is 15.9 Å². The van der Waals surface area contributed by atoms with Crippen LogP contribution in [0, 0.1) is 0 Å². The topological polar surface area (TPSA) is 3.24 Å². The van der Waals surface area contributed by atoms with E-state index in [1.54, 1.807) is 0 Å². The lowest BCUT2D eigenvalue weighted by atomic mass is 10.2. The van der Waals surface area contributed by atoms with Gasteiger partial charge in [0.25, 0.3) is 0 Å². The molecule has 0 aromatic carbocycles. The van der Waals surface area contributed by atoms with Gasteiger partial charge in [0.1, 0.15) is 0 Å². The van der Waals surface area contributed by atoms with Gasteiger partial charge in [-0.15, -0.1) is 0 Å². The van der Waals surface area contributed by atoms with Crippen LogP contribution in [0.3, 0.4) is 0 Å². The first-order valence-corrected chi connectivity index (χ1v) is 4.05. The molecule has 0 N–H and O–H groups in total. The monoisotopic (exact) mass is 189 g/mol. The lowest BCUT2D eigenvalue weighted by Gasteiger charge is -2.17. The molecule has 0 aromatic rings. The zero-order valence-electron chi connectivity index (χ0n) is 5.73. The van der Waals surface area contributed by atoms with Crippen LogP contribution in [0.25, 0.3) is 0 Å². The van der Waals surface area contributed by atoms with Crippen LogP contribution in [0.5, 0.6) is 0 Å². The maximum absolute atomic E-state index is 3.86. The van der Waals surface area contributed by atoms with Gasteiger partial charge in [0.2, 0.25) is 0 Å². The molecule has 0 aliphatic carbocycles. The molecular formula is C7H12BrN. The van der Waals surface area contributed by atoms with Gasteiger partial charge in [-0.25, -0.2) is 0 Å². The predicted octanol–water partition coefficient (Wildman–Crippen LogP) is 1.99. The molecule has 1 saturated heterocycles. The molecule has 0 bridgehead atoms. The second-order valence-electron chi connectivity index (χ2n) is 2.59. The molecule has 52 valence electrons. The normalized spacial score (nSPS) is 28.9. The quantitative estimate of drug-likeness (QED) is 0.611. The number of halogens is 1. The summed E-state index contributed by atoms with van der Waals surface area (Å²) in [5.74, 6) is 0. The third kappa shape index (κ3) is 1.55. The summed E-state index contributed by atoms with van der Waals surface area (Å²) in [6, 6.07) is 0.588. The third-order valence-electron chi connectivity index (χ3n) is 1.88. The zero-order valence-corrected chi connectivity index (χ0v) is 7.32. The van der Waals surface area contributed by atoms with E-state index in [0.717, 1.165) is 4.48 Å². The number of hydrogen-bond acceptors (Lipinski definition) is 1. The number of likely N-dealkylation sites (tertiary alicyclic amines) is 1. The van der Waals surface area contributed by atoms with Crippen LogP contribution in [-0.4, -0.2) is 24.5 Å². The molecular weight excluding hydrogens is 178 g/mol. The summed E-state index contributed by atoms with van der Waals surface area (Å²) in [5.41, 5.74) is 0. The lowest BCUT2D eigenvalue weighted by molar-refractivity contribution is 0.355. The fourth-order valence-corrected chi connectivity index (χ4v) is 1.88. The summed E-state index contributed by atoms with van der Waals surface area (Å²) < 4.78 is 1.13. The van der Waals surface area contributed by atoms with E-state index in [0.29, 0.717) is 6.04 Å². The number of rotatable bonds is 1. The number of nitrogens with zero attached hydrogens (tertiary/aromatic N) is 1. The highest BCUT2D eigenvalue weighted by Gasteiger charge is 2.21. The molecule has 1 rings (SSSR count). The van der Waals surface area contributed by atoms with Gasteiger partial charge < -0.3 is 0 Å². The minimum Gasteiger partial charge on any atom is -0.299 e. The minimum atomic E-state index is 0.588. The van der Waals surface area contributed by atoms with Crippen LogP contribution in [0.2, 0.25) is 0 Å². The van der Waals surface area contributed by atoms with Crippen LogP contribution in [-0.2, 0) is 0 Å². The van der Waals surface area contributed by atoms with E-state index < -0.39 is 0 Å². The minimum absolute atomic E-state index is 0.588. The second kappa shape index (κ2) is 2.84. The molecule has 1 nitrogen and oxygen atoms in total. The number of hydrogen-bond donors (Lipinski definition) is 0. The van der Waals surface area contributed by atoms with Crippen molar-refractivity contribution in [1.29, 1.82) is 0 Å². The largest absolute Gasteiger partial charge is 0.299 e. The lowest BCUT2D eigenvalue weighted by Crippen LogP contribution is -2.24. The molecule has 1 heterocycles. The molecule has 9 heavy (non-hydrogen) atoms. The van der Waals surface area contributed by atoms with Crippen LogP contribution in [0.15, 0.2) is 11.1 Å². The van der Waals surface area contributed by atoms with Crippen molar-refractivity contribution in [2.24, 2.45) is 0 Å². The van der Waals surface area contributed by atoms with Gasteiger partial charge in [0.15, 0.2) is 0 Å². The summed E-state index contributed by atoms with van der Waals surface area (Å²) in [6.07, 6.45) is 2.58. The van der Waals surface area contributed by atoms with Crippen LogP contribution >= 0.6 is 15.9 Å². The van der Waals surface area contributed by atoms with Crippen molar-refractivity contribution < 1.29 is 0 Å². The van der Waals surface area contributed by atoms with Gasteiger partial charge in [-0.2, -0.15) is 0 Å². The molecule has 1 atom stereocenters. The standard InChI is InChI=1S/C7H12BrN/c1-6(8)7-4-3-5-9(7)2/h7H,1,3-5H2,2H3/t7-/m0/s1. The van der Waals surface area contributed by atoms with Gasteiger partial charge >= 0.3 is 0 Å². The summed E-state index contributed by atoms with van der Waals surface area (Å²) in [7, 11) is 2.14. The highest BCUT2D eigenvalue weighted by Crippen LogP contribution is 2.23. The third-order valence-corrected chi connectivity index (χ3v) is 2.41. The van der Waals surface area contributed by atoms with Crippen LogP contribution < -0.4 is 0 Å². The van der Waals surface area contributed by atoms with Crippen molar-refractivity contribution in [2.45, 2.75) is 18.9 Å². The first kappa shape index (κ1) is 7.29. The van der Waals surface area contributed by atoms with E-state index in [9.17, 15) is 0 Å². The highest BCUT2D eigenvalue weighted by atomic mass is 79.9. The fraction of sp³-hybridized carbons (Fsp3) is 0.714. The summed E-state index contributed by atoms with van der Waals surface area (Å²) in [6.45, 7) is 5.08. The van der Waals surface area contributed by atoms with Gasteiger partial charge in [-0.3, -0.25) is 4.90 Å². The molecule has 0 saturated carbocycles. The Morgan fingerprint density at radius 3 is 2.67 bits per heavy atom. The maximum Gasteiger partial charge on any atom is 0.0405 e. The van der Waals surface area contributed by atoms with Crippen molar-refractivity contribution in [3.8, 4) is 0 Å². The average Bonchev–Trinajstić information content (AvgIpc) is 2.13. The molecule has 0 unspecified atom stereocenters. The van der Waals surface area contributed by atoms with Crippen LogP contribution in [0.4, 0.5) is 0 Å². The van der Waals surface area contributed by atoms with Gasteiger partial charge in [0, 0.05) is 10.5 Å². The average molecular weight is 190 g/mol. The molecule has 2 heteroatoms. The SMILES string of the molecule is C=C(Br)[C@@H]1CCCN1C. The smallest absolute Gasteiger partial charge is 0.0405 e. The Balaban J connectivity index is 2.49. The maximum atomic E-state index is 3.86. The fourth-order valence-electron chi connectivity index (χ4n) is 1.31. The van der Waals surface area contributed by atoms with Gasteiger partial charge in [-0.1, -0.05) is 22.5 Å². The molecule has 1 fully saturated rings. The van der Waals surface area contributed by atoms with E-state index >= 15 is 0 Å². The summed E-state index contributed by atoms with van der Waals surface area (Å²) in [5, 5.41) is 0. The molecule has 1 aliphatic rings. The molecule has 0 radical (unpaired) electrons. The Bertz CT molecular complexity index is 122. The van der Waals surface area contributed by atoms with E-state index in [1.165, 1.54) is 19.4 Å². The molecule has 0 amide bonds. The Kier molecular flexibility index (Phi) is 2.30. The summed E-state index contributed by atoms with van der Waals surface area (Å²) in [4.78, 5) is 2.33. The summed E-state index contributed by atoms with van der Waals surface area (Å²) >= 11 is 3.41. The van der Waals surface area contributed by atoms with E-state index in [-0.39, 0.29) is 0 Å². The molecule has 1 aliphatic heterocycles. The Hall–Kier alpha value is 0.180. The number of likely N-dealkylation sites (N-methyl/N-ethyl adjacent to an activating group) is 1. The van der Waals surface area contributed by atoms with Crippen LogP contribution in [0.1, 0.15) is 12.8 Å². The Labute approximate surface area is 64.9 Å².